The van der Waals surface area contributed by atoms with E-state index in [1.807, 2.05) is 32.2 Å². The number of hydrogen-bond donors (Lipinski definition) is 1. The van der Waals surface area contributed by atoms with Gasteiger partial charge in [-0.3, -0.25) is 4.79 Å². The standard InChI is InChI=1S/C14H19NO3S/c1-4-17-13-6-10-5-9(2)18-12(10)7-11(13)15-14(16)8-19-3/h6-7,9H,4-5,8H2,1-3H3,(H,15,16)/t9-/m1/s1. The predicted molar refractivity (Wildman–Crippen MR) is 78.4 cm³/mol. The second-order valence-corrected chi connectivity index (χ2v) is 5.37. The van der Waals surface area contributed by atoms with Gasteiger partial charge in [0.05, 0.1) is 18.0 Å². The summed E-state index contributed by atoms with van der Waals surface area (Å²) in [5.74, 6) is 1.96. The van der Waals surface area contributed by atoms with Gasteiger partial charge in [-0.1, -0.05) is 0 Å². The van der Waals surface area contributed by atoms with Crippen molar-refractivity contribution >= 4 is 23.4 Å². The minimum absolute atomic E-state index is 0.0283. The molecule has 19 heavy (non-hydrogen) atoms. The highest BCUT2D eigenvalue weighted by molar-refractivity contribution is 7.99. The first-order valence-electron chi connectivity index (χ1n) is 6.39. The van der Waals surface area contributed by atoms with Crippen molar-refractivity contribution in [1.82, 2.24) is 0 Å². The molecule has 1 aromatic carbocycles. The number of anilines is 1. The average Bonchev–Trinajstić information content (AvgIpc) is 2.69. The zero-order valence-corrected chi connectivity index (χ0v) is 12.3. The van der Waals surface area contributed by atoms with Gasteiger partial charge in [0.15, 0.2) is 0 Å². The minimum Gasteiger partial charge on any atom is -0.492 e. The summed E-state index contributed by atoms with van der Waals surface area (Å²) in [6.07, 6.45) is 2.96. The first-order chi connectivity index (χ1) is 9.13. The lowest BCUT2D eigenvalue weighted by Crippen LogP contribution is -2.14. The van der Waals surface area contributed by atoms with Gasteiger partial charge < -0.3 is 14.8 Å². The second kappa shape index (κ2) is 6.19. The molecule has 1 aromatic rings. The maximum absolute atomic E-state index is 11.7. The molecule has 2 rings (SSSR count). The van der Waals surface area contributed by atoms with Crippen molar-refractivity contribution in [2.45, 2.75) is 26.4 Å². The van der Waals surface area contributed by atoms with E-state index in [0.29, 0.717) is 23.8 Å². The molecule has 0 aromatic heterocycles. The summed E-state index contributed by atoms with van der Waals surface area (Å²) >= 11 is 1.49. The Hall–Kier alpha value is -1.36. The van der Waals surface area contributed by atoms with Crippen molar-refractivity contribution in [3.63, 3.8) is 0 Å². The Bertz CT molecular complexity index is 476. The molecule has 0 spiro atoms. The van der Waals surface area contributed by atoms with E-state index in [2.05, 4.69) is 5.32 Å². The number of thioether (sulfide) groups is 1. The molecule has 0 fully saturated rings. The van der Waals surface area contributed by atoms with Crippen molar-refractivity contribution in [3.8, 4) is 11.5 Å². The topological polar surface area (TPSA) is 47.6 Å². The molecule has 1 aliphatic rings. The van der Waals surface area contributed by atoms with Crippen LogP contribution in [0.25, 0.3) is 0 Å². The lowest BCUT2D eigenvalue weighted by atomic mass is 10.1. The summed E-state index contributed by atoms with van der Waals surface area (Å²) in [4.78, 5) is 11.7. The summed E-state index contributed by atoms with van der Waals surface area (Å²) in [5, 5.41) is 2.88. The number of nitrogens with one attached hydrogen (secondary N) is 1. The summed E-state index contributed by atoms with van der Waals surface area (Å²) in [5.41, 5.74) is 1.83. The minimum atomic E-state index is -0.0283. The van der Waals surface area contributed by atoms with Gasteiger partial charge in [-0.2, -0.15) is 11.8 Å². The van der Waals surface area contributed by atoms with Gasteiger partial charge in [0.1, 0.15) is 17.6 Å². The van der Waals surface area contributed by atoms with E-state index in [1.54, 1.807) is 0 Å². The zero-order valence-electron chi connectivity index (χ0n) is 11.5. The van der Waals surface area contributed by atoms with E-state index in [-0.39, 0.29) is 12.0 Å². The first kappa shape index (κ1) is 14.1. The Kier molecular flexibility index (Phi) is 4.58. The fourth-order valence-electron chi connectivity index (χ4n) is 2.13. The first-order valence-corrected chi connectivity index (χ1v) is 7.78. The molecule has 1 heterocycles. The third kappa shape index (κ3) is 3.35. The SMILES string of the molecule is CCOc1cc2c(cc1NC(=O)CSC)O[C@H](C)C2. The number of hydrogen-bond acceptors (Lipinski definition) is 4. The lowest BCUT2D eigenvalue weighted by molar-refractivity contribution is -0.113. The molecule has 1 amide bonds. The molecule has 4 nitrogen and oxygen atoms in total. The average molecular weight is 281 g/mol. The number of carbonyl (C=O) groups excluding carboxylic acids is 1. The molecule has 5 heteroatoms. The van der Waals surface area contributed by atoms with Gasteiger partial charge in [0.25, 0.3) is 0 Å². The maximum atomic E-state index is 11.7. The Morgan fingerprint density at radius 3 is 3.05 bits per heavy atom. The van der Waals surface area contributed by atoms with E-state index >= 15 is 0 Å². The van der Waals surface area contributed by atoms with Crippen LogP contribution in [0, 0.1) is 0 Å². The third-order valence-corrected chi connectivity index (χ3v) is 3.40. The molecule has 1 N–H and O–H groups in total. The van der Waals surface area contributed by atoms with E-state index in [1.165, 1.54) is 11.8 Å². The molecular weight excluding hydrogens is 262 g/mol. The van der Waals surface area contributed by atoms with Crippen molar-refractivity contribution < 1.29 is 14.3 Å². The molecule has 0 unspecified atom stereocenters. The quantitative estimate of drug-likeness (QED) is 0.901. The highest BCUT2D eigenvalue weighted by Crippen LogP contribution is 2.38. The van der Waals surface area contributed by atoms with Crippen LogP contribution in [-0.4, -0.2) is 30.6 Å². The third-order valence-electron chi connectivity index (χ3n) is 2.85. The number of amides is 1. The van der Waals surface area contributed by atoms with E-state index in [9.17, 15) is 4.79 Å². The predicted octanol–water partition coefficient (Wildman–Crippen LogP) is 2.71. The van der Waals surface area contributed by atoms with Gasteiger partial charge in [-0.15, -0.1) is 0 Å². The molecular formula is C14H19NO3S. The number of benzene rings is 1. The Labute approximate surface area is 117 Å². The van der Waals surface area contributed by atoms with E-state index in [4.69, 9.17) is 9.47 Å². The van der Waals surface area contributed by atoms with Crippen molar-refractivity contribution in [2.75, 3.05) is 23.9 Å². The fourth-order valence-corrected chi connectivity index (χ4v) is 2.46. The van der Waals surface area contributed by atoms with Crippen LogP contribution in [0.4, 0.5) is 5.69 Å². The number of fused-ring (bicyclic) bond motifs is 1. The van der Waals surface area contributed by atoms with Crippen LogP contribution in [0.1, 0.15) is 19.4 Å². The number of carbonyl (C=O) groups is 1. The van der Waals surface area contributed by atoms with E-state index in [0.717, 1.165) is 17.7 Å². The van der Waals surface area contributed by atoms with Crippen molar-refractivity contribution in [1.29, 1.82) is 0 Å². The van der Waals surface area contributed by atoms with E-state index < -0.39 is 0 Å². The van der Waals surface area contributed by atoms with Crippen LogP contribution in [0.5, 0.6) is 11.5 Å². The molecule has 1 atom stereocenters. The van der Waals surface area contributed by atoms with Crippen molar-refractivity contribution in [2.24, 2.45) is 0 Å². The Morgan fingerprint density at radius 2 is 2.37 bits per heavy atom. The normalized spacial score (nSPS) is 16.7. The zero-order chi connectivity index (χ0) is 13.8. The number of rotatable bonds is 5. The van der Waals surface area contributed by atoms with Crippen LogP contribution in [0.2, 0.25) is 0 Å². The molecule has 1 aliphatic heterocycles. The second-order valence-electron chi connectivity index (χ2n) is 4.50. The van der Waals surface area contributed by atoms with Crippen LogP contribution in [0.3, 0.4) is 0 Å². The Morgan fingerprint density at radius 1 is 1.58 bits per heavy atom. The van der Waals surface area contributed by atoms with Gasteiger partial charge in [-0.25, -0.2) is 0 Å². The van der Waals surface area contributed by atoms with Crippen LogP contribution >= 0.6 is 11.8 Å². The summed E-state index contributed by atoms with van der Waals surface area (Å²) in [6, 6.07) is 3.83. The van der Waals surface area contributed by atoms with Crippen LogP contribution in [-0.2, 0) is 11.2 Å². The highest BCUT2D eigenvalue weighted by Gasteiger charge is 2.22. The fraction of sp³-hybridized carbons (Fsp3) is 0.500. The summed E-state index contributed by atoms with van der Waals surface area (Å²) in [6.45, 7) is 4.53. The summed E-state index contributed by atoms with van der Waals surface area (Å²) < 4.78 is 11.3. The van der Waals surface area contributed by atoms with Gasteiger partial charge in [-0.05, 0) is 26.2 Å². The Balaban J connectivity index is 2.25. The largest absolute Gasteiger partial charge is 0.492 e. The van der Waals surface area contributed by atoms with Gasteiger partial charge in [0.2, 0.25) is 5.91 Å². The lowest BCUT2D eigenvalue weighted by Gasteiger charge is -2.13. The number of ether oxygens (including phenoxy) is 2. The summed E-state index contributed by atoms with van der Waals surface area (Å²) in [7, 11) is 0. The molecule has 104 valence electrons. The van der Waals surface area contributed by atoms with Gasteiger partial charge >= 0.3 is 0 Å². The van der Waals surface area contributed by atoms with Crippen LogP contribution in [0.15, 0.2) is 12.1 Å². The monoisotopic (exact) mass is 281 g/mol. The molecule has 0 aliphatic carbocycles. The smallest absolute Gasteiger partial charge is 0.234 e. The molecule has 0 saturated heterocycles. The maximum Gasteiger partial charge on any atom is 0.234 e. The molecule has 0 saturated carbocycles. The van der Waals surface area contributed by atoms with Gasteiger partial charge in [0, 0.05) is 18.1 Å². The van der Waals surface area contributed by atoms with Crippen molar-refractivity contribution in [3.05, 3.63) is 17.7 Å². The molecule has 0 radical (unpaired) electrons. The highest BCUT2D eigenvalue weighted by atomic mass is 32.2. The van der Waals surface area contributed by atoms with Crippen LogP contribution < -0.4 is 14.8 Å². The molecule has 0 bridgehead atoms.